The van der Waals surface area contributed by atoms with Crippen molar-refractivity contribution in [1.29, 1.82) is 0 Å². The van der Waals surface area contributed by atoms with E-state index in [1.165, 1.54) is 56.5 Å². The van der Waals surface area contributed by atoms with Gasteiger partial charge in [0.25, 0.3) is 5.91 Å². The van der Waals surface area contributed by atoms with Gasteiger partial charge in [0.2, 0.25) is 0 Å². The molecule has 0 bridgehead atoms. The Labute approximate surface area is 168 Å². The third-order valence-corrected chi connectivity index (χ3v) is 5.69. The van der Waals surface area contributed by atoms with Crippen molar-refractivity contribution < 1.29 is 9.18 Å². The minimum atomic E-state index is -0.395. The van der Waals surface area contributed by atoms with Crippen LogP contribution in [0.1, 0.15) is 47.2 Å². The second-order valence-electron chi connectivity index (χ2n) is 6.81. The highest BCUT2D eigenvalue weighted by atomic mass is 127. The molecule has 26 heavy (non-hydrogen) atoms. The molecule has 0 saturated carbocycles. The molecular formula is C21H24FIN2O. The SMILES string of the molecule is O=C(NCc1ccc(CN2CCCCCC2)cc1)c1cc(F)ccc1I. The number of nitrogens with zero attached hydrogens (tertiary/aromatic N) is 1. The van der Waals surface area contributed by atoms with Crippen LogP contribution in [0.3, 0.4) is 0 Å². The zero-order chi connectivity index (χ0) is 18.4. The van der Waals surface area contributed by atoms with Gasteiger partial charge in [-0.25, -0.2) is 4.39 Å². The third kappa shape index (κ3) is 5.51. The topological polar surface area (TPSA) is 32.3 Å². The van der Waals surface area contributed by atoms with Crippen LogP contribution in [0.25, 0.3) is 0 Å². The Kier molecular flexibility index (Phi) is 7.02. The number of hydrogen-bond acceptors (Lipinski definition) is 2. The van der Waals surface area contributed by atoms with E-state index >= 15 is 0 Å². The molecule has 1 saturated heterocycles. The number of hydrogen-bond donors (Lipinski definition) is 1. The summed E-state index contributed by atoms with van der Waals surface area (Å²) in [6.45, 7) is 3.80. The Balaban J connectivity index is 1.54. The molecule has 2 aromatic carbocycles. The second-order valence-corrected chi connectivity index (χ2v) is 7.98. The van der Waals surface area contributed by atoms with Gasteiger partial charge in [-0.2, -0.15) is 0 Å². The molecule has 3 nitrogen and oxygen atoms in total. The molecule has 0 aromatic heterocycles. The highest BCUT2D eigenvalue weighted by molar-refractivity contribution is 14.1. The number of benzene rings is 2. The quantitative estimate of drug-likeness (QED) is 0.646. The molecule has 1 amide bonds. The molecule has 3 rings (SSSR count). The van der Waals surface area contributed by atoms with Gasteiger partial charge in [-0.15, -0.1) is 0 Å². The van der Waals surface area contributed by atoms with Crippen LogP contribution in [0.4, 0.5) is 4.39 Å². The summed E-state index contributed by atoms with van der Waals surface area (Å²) in [7, 11) is 0. The molecule has 0 radical (unpaired) electrons. The highest BCUT2D eigenvalue weighted by Gasteiger charge is 2.12. The van der Waals surface area contributed by atoms with Crippen molar-refractivity contribution in [1.82, 2.24) is 10.2 Å². The lowest BCUT2D eigenvalue weighted by Crippen LogP contribution is -2.24. The van der Waals surface area contributed by atoms with Gasteiger partial charge in [0, 0.05) is 16.7 Å². The van der Waals surface area contributed by atoms with Crippen molar-refractivity contribution in [2.24, 2.45) is 0 Å². The number of likely N-dealkylation sites (tertiary alicyclic amines) is 1. The molecule has 0 aliphatic carbocycles. The number of nitrogens with one attached hydrogen (secondary N) is 1. The van der Waals surface area contributed by atoms with E-state index in [0.29, 0.717) is 12.1 Å². The fourth-order valence-electron chi connectivity index (χ4n) is 3.26. The van der Waals surface area contributed by atoms with Crippen LogP contribution >= 0.6 is 22.6 Å². The van der Waals surface area contributed by atoms with E-state index in [1.807, 2.05) is 22.6 Å². The second kappa shape index (κ2) is 9.46. The molecule has 2 aromatic rings. The van der Waals surface area contributed by atoms with Crippen LogP contribution in [0, 0.1) is 9.39 Å². The maximum atomic E-state index is 13.3. The number of rotatable bonds is 5. The minimum absolute atomic E-state index is 0.248. The lowest BCUT2D eigenvalue weighted by Gasteiger charge is -2.19. The van der Waals surface area contributed by atoms with Gasteiger partial charge in [-0.1, -0.05) is 37.1 Å². The number of halogens is 2. The van der Waals surface area contributed by atoms with Crippen molar-refractivity contribution in [3.05, 3.63) is 68.5 Å². The molecule has 0 atom stereocenters. The number of carbonyl (C=O) groups excluding carboxylic acids is 1. The molecular weight excluding hydrogens is 442 g/mol. The predicted molar refractivity (Wildman–Crippen MR) is 110 cm³/mol. The van der Waals surface area contributed by atoms with Crippen LogP contribution in [0.2, 0.25) is 0 Å². The van der Waals surface area contributed by atoms with Crippen LogP contribution in [-0.4, -0.2) is 23.9 Å². The standard InChI is InChI=1S/C21H24FIN2O/c22-18-9-10-20(23)19(13-18)21(26)24-14-16-5-7-17(8-6-16)15-25-11-3-1-2-4-12-25/h5-10,13H,1-4,11-12,14-15H2,(H,24,26). The molecule has 5 heteroatoms. The monoisotopic (exact) mass is 466 g/mol. The average Bonchev–Trinajstić information content (AvgIpc) is 2.91. The van der Waals surface area contributed by atoms with E-state index in [-0.39, 0.29) is 5.91 Å². The summed E-state index contributed by atoms with van der Waals surface area (Å²) in [5.74, 6) is -0.643. The fourth-order valence-corrected chi connectivity index (χ4v) is 3.84. The van der Waals surface area contributed by atoms with E-state index in [2.05, 4.69) is 34.5 Å². The summed E-state index contributed by atoms with van der Waals surface area (Å²) < 4.78 is 14.1. The minimum Gasteiger partial charge on any atom is -0.348 e. The maximum absolute atomic E-state index is 13.3. The van der Waals surface area contributed by atoms with Crippen LogP contribution in [-0.2, 0) is 13.1 Å². The summed E-state index contributed by atoms with van der Waals surface area (Å²) in [6.07, 6.45) is 5.28. The Hall–Kier alpha value is -1.47. The number of amides is 1. The lowest BCUT2D eigenvalue weighted by atomic mass is 10.1. The summed E-state index contributed by atoms with van der Waals surface area (Å²) >= 11 is 2.05. The molecule has 0 unspecified atom stereocenters. The van der Waals surface area contributed by atoms with E-state index in [0.717, 1.165) is 15.7 Å². The van der Waals surface area contributed by atoms with E-state index in [9.17, 15) is 9.18 Å². The van der Waals surface area contributed by atoms with Crippen molar-refractivity contribution in [2.45, 2.75) is 38.8 Å². The first-order valence-electron chi connectivity index (χ1n) is 9.15. The van der Waals surface area contributed by atoms with Gasteiger partial charge < -0.3 is 5.32 Å². The van der Waals surface area contributed by atoms with Crippen molar-refractivity contribution in [2.75, 3.05) is 13.1 Å². The third-order valence-electron chi connectivity index (χ3n) is 4.75. The zero-order valence-electron chi connectivity index (χ0n) is 14.8. The summed E-state index contributed by atoms with van der Waals surface area (Å²) in [4.78, 5) is 14.8. The van der Waals surface area contributed by atoms with Crippen molar-refractivity contribution in [3.8, 4) is 0 Å². The smallest absolute Gasteiger partial charge is 0.252 e. The molecule has 1 heterocycles. The summed E-state index contributed by atoms with van der Waals surface area (Å²) in [5, 5.41) is 2.87. The average molecular weight is 466 g/mol. The Morgan fingerprint density at radius 3 is 2.35 bits per heavy atom. The fraction of sp³-hybridized carbons (Fsp3) is 0.381. The zero-order valence-corrected chi connectivity index (χ0v) is 17.0. The molecule has 1 aliphatic rings. The van der Waals surface area contributed by atoms with E-state index in [4.69, 9.17) is 0 Å². The Morgan fingerprint density at radius 1 is 1.00 bits per heavy atom. The first kappa shape index (κ1) is 19.3. The van der Waals surface area contributed by atoms with Gasteiger partial charge in [0.15, 0.2) is 0 Å². The normalized spacial score (nSPS) is 15.5. The van der Waals surface area contributed by atoms with Crippen molar-refractivity contribution >= 4 is 28.5 Å². The Morgan fingerprint density at radius 2 is 1.65 bits per heavy atom. The largest absolute Gasteiger partial charge is 0.348 e. The highest BCUT2D eigenvalue weighted by Crippen LogP contribution is 2.15. The van der Waals surface area contributed by atoms with E-state index in [1.54, 1.807) is 6.07 Å². The molecule has 1 aliphatic heterocycles. The van der Waals surface area contributed by atoms with Gasteiger partial charge in [0.05, 0.1) is 5.56 Å². The van der Waals surface area contributed by atoms with Gasteiger partial charge in [-0.05, 0) is 77.8 Å². The van der Waals surface area contributed by atoms with Crippen molar-refractivity contribution in [3.63, 3.8) is 0 Å². The van der Waals surface area contributed by atoms with Crippen LogP contribution < -0.4 is 5.32 Å². The Bertz CT molecular complexity index is 740. The van der Waals surface area contributed by atoms with Crippen LogP contribution in [0.15, 0.2) is 42.5 Å². The first-order valence-corrected chi connectivity index (χ1v) is 10.2. The maximum Gasteiger partial charge on any atom is 0.252 e. The lowest BCUT2D eigenvalue weighted by molar-refractivity contribution is 0.0949. The van der Waals surface area contributed by atoms with Crippen LogP contribution in [0.5, 0.6) is 0 Å². The first-order chi connectivity index (χ1) is 12.6. The van der Waals surface area contributed by atoms with Gasteiger partial charge >= 0.3 is 0 Å². The van der Waals surface area contributed by atoms with Gasteiger partial charge in [0.1, 0.15) is 5.82 Å². The molecule has 0 spiro atoms. The summed E-state index contributed by atoms with van der Waals surface area (Å²) in [6, 6.07) is 12.6. The van der Waals surface area contributed by atoms with E-state index < -0.39 is 5.82 Å². The molecule has 1 N–H and O–H groups in total. The number of carbonyl (C=O) groups is 1. The summed E-state index contributed by atoms with van der Waals surface area (Å²) in [5.41, 5.74) is 2.73. The van der Waals surface area contributed by atoms with Gasteiger partial charge in [-0.3, -0.25) is 9.69 Å². The molecule has 138 valence electrons. The predicted octanol–water partition coefficient (Wildman–Crippen LogP) is 4.74. The molecule has 1 fully saturated rings.